The van der Waals surface area contributed by atoms with Gasteiger partial charge in [0, 0.05) is 19.8 Å². The maximum Gasteiger partial charge on any atom is 0.0930 e. The molecule has 0 aromatic heterocycles. The molecule has 3 nitrogen and oxygen atoms in total. The molecule has 0 saturated heterocycles. The van der Waals surface area contributed by atoms with E-state index in [2.05, 4.69) is 13.8 Å². The van der Waals surface area contributed by atoms with Crippen LogP contribution in [0.15, 0.2) is 0 Å². The largest absolute Gasteiger partial charge is 0.379 e. The first-order valence-electron chi connectivity index (χ1n) is 15.7. The monoisotopic (exact) mass is 484 g/mol. The number of hydrogen-bond acceptors (Lipinski definition) is 3. The third-order valence-electron chi connectivity index (χ3n) is 7.06. The topological polar surface area (TPSA) is 44.5 Å². The van der Waals surface area contributed by atoms with Gasteiger partial charge < -0.3 is 15.2 Å². The van der Waals surface area contributed by atoms with Crippen LogP contribution in [0, 0.1) is 0 Å². The van der Waals surface area contributed by atoms with Gasteiger partial charge in [0.05, 0.1) is 12.7 Å². The molecule has 0 bridgehead atoms. The van der Waals surface area contributed by atoms with Crippen molar-refractivity contribution >= 4 is 0 Å². The van der Waals surface area contributed by atoms with E-state index in [1.807, 2.05) is 0 Å². The van der Waals surface area contributed by atoms with Gasteiger partial charge in [-0.05, 0) is 12.8 Å². The molecule has 3 heteroatoms. The number of unbranched alkanes of at least 4 members (excludes halogenated alkanes) is 22. The van der Waals surface area contributed by atoms with Crippen LogP contribution in [0.3, 0.4) is 0 Å². The smallest absolute Gasteiger partial charge is 0.0930 e. The molecule has 0 saturated carbocycles. The van der Waals surface area contributed by atoms with Gasteiger partial charge in [0.1, 0.15) is 0 Å². The molecule has 0 radical (unpaired) electrons. The van der Waals surface area contributed by atoms with Crippen molar-refractivity contribution in [3.05, 3.63) is 0 Å². The van der Waals surface area contributed by atoms with Crippen LogP contribution < -0.4 is 5.73 Å². The molecule has 0 heterocycles. The lowest BCUT2D eigenvalue weighted by molar-refractivity contribution is -0.0136. The van der Waals surface area contributed by atoms with E-state index in [1.165, 1.54) is 148 Å². The highest BCUT2D eigenvalue weighted by Crippen LogP contribution is 2.13. The van der Waals surface area contributed by atoms with Gasteiger partial charge >= 0.3 is 0 Å². The molecular formula is C31H65NO2. The Morgan fingerprint density at radius 3 is 1.12 bits per heavy atom. The number of ether oxygens (including phenoxy) is 2. The fourth-order valence-corrected chi connectivity index (χ4v) is 4.64. The molecule has 0 aliphatic heterocycles. The van der Waals surface area contributed by atoms with Gasteiger partial charge in [-0.1, -0.05) is 155 Å². The summed E-state index contributed by atoms with van der Waals surface area (Å²) in [5.74, 6) is 0. The van der Waals surface area contributed by atoms with E-state index >= 15 is 0 Å². The molecule has 34 heavy (non-hydrogen) atoms. The van der Waals surface area contributed by atoms with E-state index in [-0.39, 0.29) is 6.10 Å². The first-order chi connectivity index (χ1) is 16.8. The van der Waals surface area contributed by atoms with Gasteiger partial charge in [-0.15, -0.1) is 0 Å². The molecule has 0 unspecified atom stereocenters. The second kappa shape index (κ2) is 30.9. The summed E-state index contributed by atoms with van der Waals surface area (Å²) in [7, 11) is 0. The quantitative estimate of drug-likeness (QED) is 0.103. The standard InChI is InChI=1S/C31H65NO2/c1-3-5-7-9-11-13-15-17-19-21-23-25-27-33-30-31(29-32)34-28-26-24-22-20-18-16-14-12-10-8-6-4-2/h31H,3-30,32H2,1-2H3/t31-/m0/s1. The number of rotatable bonds is 30. The molecule has 0 fully saturated rings. The van der Waals surface area contributed by atoms with Crippen LogP contribution in [-0.2, 0) is 9.47 Å². The van der Waals surface area contributed by atoms with Crippen molar-refractivity contribution in [2.24, 2.45) is 5.73 Å². The summed E-state index contributed by atoms with van der Waals surface area (Å²) in [4.78, 5) is 0. The van der Waals surface area contributed by atoms with Crippen LogP contribution in [0.2, 0.25) is 0 Å². The minimum absolute atomic E-state index is 0.0741. The Morgan fingerprint density at radius 2 is 0.765 bits per heavy atom. The first-order valence-corrected chi connectivity index (χ1v) is 15.7. The SMILES string of the molecule is CCCCCCCCCCCCCCOC[C@H](CN)OCCCCCCCCCCCCCC. The van der Waals surface area contributed by atoms with Gasteiger partial charge in [-0.3, -0.25) is 0 Å². The first kappa shape index (κ1) is 33.9. The summed E-state index contributed by atoms with van der Waals surface area (Å²) in [6.07, 6.45) is 33.2. The molecule has 1 atom stereocenters. The molecule has 0 amide bonds. The Bertz CT molecular complexity index is 350. The Morgan fingerprint density at radius 1 is 0.441 bits per heavy atom. The van der Waals surface area contributed by atoms with E-state index in [9.17, 15) is 0 Å². The van der Waals surface area contributed by atoms with Gasteiger partial charge in [0.25, 0.3) is 0 Å². The van der Waals surface area contributed by atoms with Crippen molar-refractivity contribution in [3.8, 4) is 0 Å². The van der Waals surface area contributed by atoms with Crippen molar-refractivity contribution in [1.82, 2.24) is 0 Å². The van der Waals surface area contributed by atoms with Crippen molar-refractivity contribution in [2.75, 3.05) is 26.4 Å². The Labute approximate surface area is 215 Å². The molecule has 0 aromatic rings. The lowest BCUT2D eigenvalue weighted by Crippen LogP contribution is -2.29. The third-order valence-corrected chi connectivity index (χ3v) is 7.06. The van der Waals surface area contributed by atoms with E-state index in [0.29, 0.717) is 13.2 Å². The summed E-state index contributed by atoms with van der Waals surface area (Å²) < 4.78 is 11.8. The van der Waals surface area contributed by atoms with Crippen LogP contribution in [0.25, 0.3) is 0 Å². The fourth-order valence-electron chi connectivity index (χ4n) is 4.64. The highest BCUT2D eigenvalue weighted by Gasteiger charge is 2.06. The highest BCUT2D eigenvalue weighted by molar-refractivity contribution is 4.58. The van der Waals surface area contributed by atoms with Crippen LogP contribution >= 0.6 is 0 Å². The second-order valence-electron chi connectivity index (χ2n) is 10.6. The second-order valence-corrected chi connectivity index (χ2v) is 10.6. The predicted octanol–water partition coefficient (Wildman–Crippen LogP) is 9.75. The minimum Gasteiger partial charge on any atom is -0.379 e. The minimum atomic E-state index is 0.0741. The normalized spacial score (nSPS) is 12.4. The van der Waals surface area contributed by atoms with Crippen molar-refractivity contribution in [2.45, 2.75) is 174 Å². The van der Waals surface area contributed by atoms with Crippen LogP contribution in [0.4, 0.5) is 0 Å². The van der Waals surface area contributed by atoms with Crippen LogP contribution in [-0.4, -0.2) is 32.5 Å². The summed E-state index contributed by atoms with van der Waals surface area (Å²) >= 11 is 0. The van der Waals surface area contributed by atoms with E-state index in [4.69, 9.17) is 15.2 Å². The van der Waals surface area contributed by atoms with Crippen molar-refractivity contribution in [1.29, 1.82) is 0 Å². The van der Waals surface area contributed by atoms with E-state index < -0.39 is 0 Å². The Hall–Kier alpha value is -0.120. The van der Waals surface area contributed by atoms with Crippen LogP contribution in [0.1, 0.15) is 168 Å². The summed E-state index contributed by atoms with van der Waals surface area (Å²) in [6, 6.07) is 0. The zero-order valence-corrected chi connectivity index (χ0v) is 23.8. The molecule has 0 rings (SSSR count). The summed E-state index contributed by atoms with van der Waals surface area (Å²) in [5.41, 5.74) is 5.87. The third kappa shape index (κ3) is 28.1. The average Bonchev–Trinajstić information content (AvgIpc) is 2.85. The molecular weight excluding hydrogens is 418 g/mol. The maximum atomic E-state index is 5.95. The molecule has 0 aliphatic rings. The van der Waals surface area contributed by atoms with Crippen LogP contribution in [0.5, 0.6) is 0 Å². The lowest BCUT2D eigenvalue weighted by atomic mass is 10.1. The number of hydrogen-bond donors (Lipinski definition) is 1. The Kier molecular flexibility index (Phi) is 30.8. The van der Waals surface area contributed by atoms with Gasteiger partial charge in [0.15, 0.2) is 0 Å². The maximum absolute atomic E-state index is 5.95. The highest BCUT2D eigenvalue weighted by atomic mass is 16.5. The Balaban J connectivity index is 3.26. The zero-order valence-electron chi connectivity index (χ0n) is 23.8. The molecule has 0 aromatic carbocycles. The fraction of sp³-hybridized carbons (Fsp3) is 1.00. The molecule has 0 spiro atoms. The molecule has 206 valence electrons. The number of nitrogens with two attached hydrogens (primary N) is 1. The van der Waals surface area contributed by atoms with E-state index in [1.54, 1.807) is 0 Å². The predicted molar refractivity (Wildman–Crippen MR) is 152 cm³/mol. The van der Waals surface area contributed by atoms with Gasteiger partial charge in [-0.2, -0.15) is 0 Å². The van der Waals surface area contributed by atoms with Crippen molar-refractivity contribution in [3.63, 3.8) is 0 Å². The average molecular weight is 484 g/mol. The van der Waals surface area contributed by atoms with Gasteiger partial charge in [0.2, 0.25) is 0 Å². The summed E-state index contributed by atoms with van der Waals surface area (Å²) in [6.45, 7) is 7.49. The van der Waals surface area contributed by atoms with E-state index in [0.717, 1.165) is 19.6 Å². The molecule has 2 N–H and O–H groups in total. The summed E-state index contributed by atoms with van der Waals surface area (Å²) in [5, 5.41) is 0. The zero-order chi connectivity index (χ0) is 24.8. The lowest BCUT2D eigenvalue weighted by Gasteiger charge is -2.16. The molecule has 0 aliphatic carbocycles. The van der Waals surface area contributed by atoms with Gasteiger partial charge in [-0.25, -0.2) is 0 Å². The van der Waals surface area contributed by atoms with Crippen molar-refractivity contribution < 1.29 is 9.47 Å².